The normalized spacial score (nSPS) is 35.1. The number of aliphatic hydroxyl groups excluding tert-OH is 1. The van der Waals surface area contributed by atoms with Crippen LogP contribution in [0.1, 0.15) is 56.3 Å². The fraction of sp³-hybridized carbons (Fsp3) is 0.625. The molecule has 2 aliphatic rings. The maximum atomic E-state index is 10.4. The summed E-state index contributed by atoms with van der Waals surface area (Å²) in [5, 5.41) is 10.4. The summed E-state index contributed by atoms with van der Waals surface area (Å²) in [5.74, 6) is 1.43. The van der Waals surface area contributed by atoms with E-state index < -0.39 is 0 Å². The standard InChI is InChI=1S/C16H22O2/c1-11-6-7-15-13(9-11)14(17)10-16(18-15)8-4-3-5-12(16)2/h6-7,9,12,14,17H,3-5,8,10H2,1-2H3/t12?,14-,16?/m0/s1. The highest BCUT2D eigenvalue weighted by molar-refractivity contribution is 5.41. The molecule has 0 aromatic heterocycles. The van der Waals surface area contributed by atoms with E-state index in [2.05, 4.69) is 26.0 Å². The van der Waals surface area contributed by atoms with Gasteiger partial charge in [-0.2, -0.15) is 0 Å². The van der Waals surface area contributed by atoms with Crippen molar-refractivity contribution in [2.45, 2.75) is 57.7 Å². The Bertz CT molecular complexity index is 454. The van der Waals surface area contributed by atoms with Crippen molar-refractivity contribution in [3.8, 4) is 5.75 Å². The zero-order valence-electron chi connectivity index (χ0n) is 11.3. The zero-order valence-corrected chi connectivity index (χ0v) is 11.3. The van der Waals surface area contributed by atoms with E-state index in [1.807, 2.05) is 6.07 Å². The van der Waals surface area contributed by atoms with Crippen LogP contribution in [-0.2, 0) is 0 Å². The van der Waals surface area contributed by atoms with Crippen LogP contribution < -0.4 is 4.74 Å². The fourth-order valence-electron chi connectivity index (χ4n) is 3.56. The Hall–Kier alpha value is -1.02. The van der Waals surface area contributed by atoms with Gasteiger partial charge in [-0.05, 0) is 44.2 Å². The second kappa shape index (κ2) is 4.27. The van der Waals surface area contributed by atoms with Crippen molar-refractivity contribution >= 4 is 0 Å². The molecule has 2 unspecified atom stereocenters. The number of fused-ring (bicyclic) bond motifs is 1. The zero-order chi connectivity index (χ0) is 12.8. The third-order valence-electron chi connectivity index (χ3n) is 4.76. The number of ether oxygens (including phenoxy) is 1. The van der Waals surface area contributed by atoms with Gasteiger partial charge in [0.05, 0.1) is 6.10 Å². The minimum atomic E-state index is -0.366. The molecule has 1 heterocycles. The van der Waals surface area contributed by atoms with Crippen molar-refractivity contribution < 1.29 is 9.84 Å². The number of hydrogen-bond acceptors (Lipinski definition) is 2. The fourth-order valence-corrected chi connectivity index (χ4v) is 3.56. The summed E-state index contributed by atoms with van der Waals surface area (Å²) in [6, 6.07) is 6.15. The summed E-state index contributed by atoms with van der Waals surface area (Å²) in [7, 11) is 0. The smallest absolute Gasteiger partial charge is 0.125 e. The molecule has 1 aliphatic carbocycles. The average molecular weight is 246 g/mol. The van der Waals surface area contributed by atoms with E-state index in [4.69, 9.17) is 4.74 Å². The minimum absolute atomic E-state index is 0.125. The first kappa shape index (κ1) is 12.0. The molecule has 1 spiro atoms. The van der Waals surface area contributed by atoms with Gasteiger partial charge in [0.15, 0.2) is 0 Å². The lowest BCUT2D eigenvalue weighted by atomic mass is 9.71. The maximum absolute atomic E-state index is 10.4. The lowest BCUT2D eigenvalue weighted by Gasteiger charge is -2.47. The number of benzene rings is 1. The molecule has 0 radical (unpaired) electrons. The van der Waals surface area contributed by atoms with E-state index in [0.29, 0.717) is 5.92 Å². The number of aliphatic hydroxyl groups is 1. The van der Waals surface area contributed by atoms with Gasteiger partial charge in [-0.25, -0.2) is 0 Å². The molecule has 0 amide bonds. The van der Waals surface area contributed by atoms with E-state index in [1.54, 1.807) is 0 Å². The molecule has 3 rings (SSSR count). The Morgan fingerprint density at radius 3 is 2.94 bits per heavy atom. The quantitative estimate of drug-likeness (QED) is 0.755. The number of hydrogen-bond donors (Lipinski definition) is 1. The van der Waals surface area contributed by atoms with Gasteiger partial charge in [-0.1, -0.05) is 25.0 Å². The minimum Gasteiger partial charge on any atom is -0.487 e. The Labute approximate surface area is 109 Å². The van der Waals surface area contributed by atoms with Crippen LogP contribution in [0.4, 0.5) is 0 Å². The van der Waals surface area contributed by atoms with Crippen LogP contribution in [0, 0.1) is 12.8 Å². The third kappa shape index (κ3) is 1.83. The molecule has 1 fully saturated rings. The summed E-state index contributed by atoms with van der Waals surface area (Å²) < 4.78 is 6.34. The van der Waals surface area contributed by atoms with Crippen LogP contribution in [0.5, 0.6) is 5.75 Å². The molecule has 3 atom stereocenters. The Morgan fingerprint density at radius 2 is 2.17 bits per heavy atom. The van der Waals surface area contributed by atoms with Gasteiger partial charge in [-0.3, -0.25) is 0 Å². The molecule has 1 aliphatic heterocycles. The first-order chi connectivity index (χ1) is 8.61. The lowest BCUT2D eigenvalue weighted by Crippen LogP contribution is -2.48. The van der Waals surface area contributed by atoms with Crippen LogP contribution in [-0.4, -0.2) is 10.7 Å². The van der Waals surface area contributed by atoms with E-state index in [1.165, 1.54) is 24.8 Å². The second-order valence-corrected chi connectivity index (χ2v) is 6.07. The average Bonchev–Trinajstić information content (AvgIpc) is 2.34. The van der Waals surface area contributed by atoms with Crippen molar-refractivity contribution in [1.82, 2.24) is 0 Å². The molecule has 2 heteroatoms. The molecule has 0 saturated heterocycles. The van der Waals surface area contributed by atoms with E-state index in [9.17, 15) is 5.11 Å². The summed E-state index contributed by atoms with van der Waals surface area (Å²) >= 11 is 0. The first-order valence-electron chi connectivity index (χ1n) is 7.08. The largest absolute Gasteiger partial charge is 0.487 e. The van der Waals surface area contributed by atoms with Gasteiger partial charge in [0.2, 0.25) is 0 Å². The molecular weight excluding hydrogens is 224 g/mol. The predicted octanol–water partition coefficient (Wildman–Crippen LogP) is 3.76. The van der Waals surface area contributed by atoms with E-state index >= 15 is 0 Å². The molecule has 1 N–H and O–H groups in total. The van der Waals surface area contributed by atoms with E-state index in [0.717, 1.165) is 24.2 Å². The summed E-state index contributed by atoms with van der Waals surface area (Å²) in [6.45, 7) is 4.33. The SMILES string of the molecule is Cc1ccc2c(c1)[C@@H](O)CC1(CCCCC1C)O2. The van der Waals surface area contributed by atoms with Crippen molar-refractivity contribution in [3.05, 3.63) is 29.3 Å². The highest BCUT2D eigenvalue weighted by Crippen LogP contribution is 2.48. The second-order valence-electron chi connectivity index (χ2n) is 6.07. The lowest BCUT2D eigenvalue weighted by molar-refractivity contribution is -0.0717. The maximum Gasteiger partial charge on any atom is 0.125 e. The van der Waals surface area contributed by atoms with Crippen molar-refractivity contribution in [3.63, 3.8) is 0 Å². The summed E-state index contributed by atoms with van der Waals surface area (Å²) in [4.78, 5) is 0. The molecule has 1 aromatic carbocycles. The first-order valence-corrected chi connectivity index (χ1v) is 7.08. The van der Waals surface area contributed by atoms with Crippen LogP contribution in [0.25, 0.3) is 0 Å². The van der Waals surface area contributed by atoms with Crippen molar-refractivity contribution in [1.29, 1.82) is 0 Å². The molecule has 2 nitrogen and oxygen atoms in total. The highest BCUT2D eigenvalue weighted by Gasteiger charge is 2.45. The molecule has 18 heavy (non-hydrogen) atoms. The van der Waals surface area contributed by atoms with Crippen molar-refractivity contribution in [2.75, 3.05) is 0 Å². The predicted molar refractivity (Wildman–Crippen MR) is 71.7 cm³/mol. The van der Waals surface area contributed by atoms with Crippen LogP contribution in [0.2, 0.25) is 0 Å². The van der Waals surface area contributed by atoms with Gasteiger partial charge in [-0.15, -0.1) is 0 Å². The molecule has 0 bridgehead atoms. The number of aryl methyl sites for hydroxylation is 1. The molecule has 98 valence electrons. The van der Waals surface area contributed by atoms with Gasteiger partial charge in [0.1, 0.15) is 11.4 Å². The van der Waals surface area contributed by atoms with Gasteiger partial charge < -0.3 is 9.84 Å². The Balaban J connectivity index is 1.98. The molecular formula is C16H22O2. The number of rotatable bonds is 0. The van der Waals surface area contributed by atoms with Crippen molar-refractivity contribution in [2.24, 2.45) is 5.92 Å². The topological polar surface area (TPSA) is 29.5 Å². The van der Waals surface area contributed by atoms with Crippen LogP contribution in [0.3, 0.4) is 0 Å². The highest BCUT2D eigenvalue weighted by atomic mass is 16.5. The van der Waals surface area contributed by atoms with Gasteiger partial charge >= 0.3 is 0 Å². The Morgan fingerprint density at radius 1 is 1.33 bits per heavy atom. The van der Waals surface area contributed by atoms with Gasteiger partial charge in [0.25, 0.3) is 0 Å². The molecule has 1 saturated carbocycles. The summed E-state index contributed by atoms with van der Waals surface area (Å²) in [5.41, 5.74) is 2.03. The monoisotopic (exact) mass is 246 g/mol. The molecule has 1 aromatic rings. The van der Waals surface area contributed by atoms with E-state index in [-0.39, 0.29) is 11.7 Å². The summed E-state index contributed by atoms with van der Waals surface area (Å²) in [6.07, 6.45) is 5.20. The Kier molecular flexibility index (Phi) is 2.86. The van der Waals surface area contributed by atoms with Crippen LogP contribution >= 0.6 is 0 Å². The third-order valence-corrected chi connectivity index (χ3v) is 4.76. The van der Waals surface area contributed by atoms with Crippen LogP contribution in [0.15, 0.2) is 18.2 Å². The van der Waals surface area contributed by atoms with Gasteiger partial charge in [0, 0.05) is 12.0 Å².